The van der Waals surface area contributed by atoms with Crippen LogP contribution in [-0.2, 0) is 19.1 Å². The van der Waals surface area contributed by atoms with E-state index in [4.69, 9.17) is 9.47 Å². The summed E-state index contributed by atoms with van der Waals surface area (Å²) in [7, 11) is 0. The lowest BCUT2D eigenvalue weighted by molar-refractivity contribution is -0.260. The molecule has 0 saturated heterocycles. The third-order valence-corrected chi connectivity index (χ3v) is 15.0. The molecule has 0 aromatic rings. The van der Waals surface area contributed by atoms with Crippen molar-refractivity contribution in [3.63, 3.8) is 0 Å². The molecule has 12 atom stereocenters. The van der Waals surface area contributed by atoms with E-state index in [9.17, 15) is 30.0 Å². The number of allylic oxidation sites excluding steroid dienone is 4. The number of ether oxygens (including phenoxy) is 2. The van der Waals surface area contributed by atoms with E-state index >= 15 is 0 Å². The average molecular weight is 657 g/mol. The van der Waals surface area contributed by atoms with Gasteiger partial charge in [-0.3, -0.25) is 0 Å². The van der Waals surface area contributed by atoms with Crippen LogP contribution in [0.15, 0.2) is 35.5 Å². The average Bonchev–Trinajstić information content (AvgIpc) is 3.00. The van der Waals surface area contributed by atoms with Crippen molar-refractivity contribution in [3.05, 3.63) is 35.5 Å². The molecule has 0 amide bonds. The van der Waals surface area contributed by atoms with Crippen LogP contribution in [0.1, 0.15) is 107 Å². The van der Waals surface area contributed by atoms with Crippen LogP contribution in [-0.4, -0.2) is 70.0 Å². The highest BCUT2D eigenvalue weighted by Gasteiger charge is 2.72. The largest absolute Gasteiger partial charge is 0.462 e. The Hall–Kier alpha value is -2.00. The van der Waals surface area contributed by atoms with E-state index in [0.29, 0.717) is 24.8 Å². The van der Waals surface area contributed by atoms with Crippen molar-refractivity contribution in [2.24, 2.45) is 50.2 Å². The number of hydrogen-bond acceptors (Lipinski definition) is 8. The van der Waals surface area contributed by atoms with Crippen LogP contribution < -0.4 is 0 Å². The zero-order valence-electron chi connectivity index (χ0n) is 30.1. The Morgan fingerprint density at radius 3 is 2.19 bits per heavy atom. The Balaban J connectivity index is 1.55. The molecule has 5 aliphatic carbocycles. The van der Waals surface area contributed by atoms with Crippen LogP contribution >= 0.6 is 0 Å². The van der Waals surface area contributed by atoms with Crippen LogP contribution in [0.2, 0.25) is 0 Å². The zero-order chi connectivity index (χ0) is 35.0. The highest BCUT2D eigenvalue weighted by molar-refractivity contribution is 5.87. The standard InChI is InChI=1S/C39H60O8/c1-10-12-30(42)46-22-39-25(19-34(4,5)31(43)32(39)44)24-13-14-27-35(6)17-16-28(40)36(7,21-47-33(45)23(3)11-2)26(35)15-18-37(27,8)38(24,9)20-29(39)41/h10-13,25-29,31-32,40-41,43-44H,14-22H2,1-9H3/b12-10+,23-11+/t25?,26?,27?,28-,29+,31-,32-,35-,36+,37+,38+,39-/m0/s1. The van der Waals surface area contributed by atoms with E-state index in [2.05, 4.69) is 33.8 Å². The van der Waals surface area contributed by atoms with Crippen molar-refractivity contribution in [2.75, 3.05) is 13.2 Å². The Morgan fingerprint density at radius 2 is 1.55 bits per heavy atom. The zero-order valence-corrected chi connectivity index (χ0v) is 30.1. The maximum Gasteiger partial charge on any atom is 0.333 e. The summed E-state index contributed by atoms with van der Waals surface area (Å²) in [4.78, 5) is 25.2. The molecular weight excluding hydrogens is 596 g/mol. The summed E-state index contributed by atoms with van der Waals surface area (Å²) in [6.07, 6.45) is 8.09. The second-order valence-electron chi connectivity index (χ2n) is 17.5. The molecule has 0 aromatic heterocycles. The molecule has 4 saturated carbocycles. The number of fused-ring (bicyclic) bond motifs is 7. The van der Waals surface area contributed by atoms with E-state index in [1.165, 1.54) is 11.6 Å². The first kappa shape index (κ1) is 36.3. The van der Waals surface area contributed by atoms with Gasteiger partial charge in [-0.2, -0.15) is 0 Å². The number of esters is 2. The Labute approximate surface area is 281 Å². The van der Waals surface area contributed by atoms with Gasteiger partial charge in [0.15, 0.2) is 0 Å². The van der Waals surface area contributed by atoms with Gasteiger partial charge in [-0.25, -0.2) is 9.59 Å². The van der Waals surface area contributed by atoms with Gasteiger partial charge in [-0.1, -0.05) is 65.3 Å². The Kier molecular flexibility index (Phi) is 9.34. The highest BCUT2D eigenvalue weighted by atomic mass is 16.5. The third-order valence-electron chi connectivity index (χ3n) is 15.0. The summed E-state index contributed by atoms with van der Waals surface area (Å²) in [5.41, 5.74) is -1.43. The number of aliphatic hydroxyl groups is 4. The fourth-order valence-corrected chi connectivity index (χ4v) is 11.7. The first-order valence-corrected chi connectivity index (χ1v) is 17.8. The second-order valence-corrected chi connectivity index (χ2v) is 17.5. The van der Waals surface area contributed by atoms with Gasteiger partial charge in [-0.15, -0.1) is 0 Å². The molecule has 4 fully saturated rings. The van der Waals surface area contributed by atoms with Gasteiger partial charge in [0.2, 0.25) is 0 Å². The van der Waals surface area contributed by atoms with E-state index in [1.807, 2.05) is 20.8 Å². The Morgan fingerprint density at radius 1 is 0.872 bits per heavy atom. The summed E-state index contributed by atoms with van der Waals surface area (Å²) in [5.74, 6) is -0.776. The molecule has 0 aliphatic heterocycles. The summed E-state index contributed by atoms with van der Waals surface area (Å²) in [5, 5.41) is 46.9. The third kappa shape index (κ3) is 5.13. The van der Waals surface area contributed by atoms with E-state index in [0.717, 1.165) is 25.7 Å². The van der Waals surface area contributed by atoms with Gasteiger partial charge < -0.3 is 29.9 Å². The molecule has 0 spiro atoms. The molecule has 0 aromatic carbocycles. The smallest absolute Gasteiger partial charge is 0.333 e. The van der Waals surface area contributed by atoms with Gasteiger partial charge in [0.05, 0.1) is 36.4 Å². The van der Waals surface area contributed by atoms with Crippen LogP contribution in [0.4, 0.5) is 0 Å². The van der Waals surface area contributed by atoms with Gasteiger partial charge in [0.1, 0.15) is 6.61 Å². The maximum atomic E-state index is 12.7. The molecule has 8 heteroatoms. The first-order chi connectivity index (χ1) is 21.8. The predicted octanol–water partition coefficient (Wildman–Crippen LogP) is 5.67. The summed E-state index contributed by atoms with van der Waals surface area (Å²) in [6, 6.07) is 0. The monoisotopic (exact) mass is 656 g/mol. The van der Waals surface area contributed by atoms with Gasteiger partial charge in [0.25, 0.3) is 0 Å². The molecule has 264 valence electrons. The minimum atomic E-state index is -1.27. The Bertz CT molecular complexity index is 1350. The molecule has 8 nitrogen and oxygen atoms in total. The maximum absolute atomic E-state index is 12.7. The van der Waals surface area contributed by atoms with Gasteiger partial charge in [0, 0.05) is 17.1 Å². The molecule has 0 bridgehead atoms. The highest BCUT2D eigenvalue weighted by Crippen LogP contribution is 2.75. The van der Waals surface area contributed by atoms with Crippen molar-refractivity contribution >= 4 is 11.9 Å². The number of carbonyl (C=O) groups is 2. The van der Waals surface area contributed by atoms with Crippen LogP contribution in [0, 0.1) is 50.2 Å². The summed E-state index contributed by atoms with van der Waals surface area (Å²) >= 11 is 0. The predicted molar refractivity (Wildman–Crippen MR) is 180 cm³/mol. The molecule has 0 heterocycles. The minimum absolute atomic E-state index is 0.137. The lowest BCUT2D eigenvalue weighted by Crippen LogP contribution is -2.72. The SMILES string of the molecule is C/C=C/C(=O)OC[C@@]12C(CC(C)(C)[C@@H](O)[C@@H]1O)C1=CCC3[C@@]4(C)CC[C@H](O)[C@](C)(COC(=O)/C(C)=C/C)C4CC[C@@]3(C)[C@]1(C)C[C@H]2O. The van der Waals surface area contributed by atoms with Crippen molar-refractivity contribution in [1.29, 1.82) is 0 Å². The van der Waals surface area contributed by atoms with E-state index in [-0.39, 0.29) is 47.8 Å². The summed E-state index contributed by atoms with van der Waals surface area (Å²) < 4.78 is 11.6. The van der Waals surface area contributed by atoms with E-state index < -0.39 is 52.0 Å². The number of carbonyl (C=O) groups excluding carboxylic acids is 2. The topological polar surface area (TPSA) is 134 Å². The molecule has 3 unspecified atom stereocenters. The van der Waals surface area contributed by atoms with Crippen molar-refractivity contribution in [1.82, 2.24) is 0 Å². The molecule has 47 heavy (non-hydrogen) atoms. The fourth-order valence-electron chi connectivity index (χ4n) is 11.7. The minimum Gasteiger partial charge on any atom is -0.462 e. The molecule has 5 rings (SSSR count). The van der Waals surface area contributed by atoms with Gasteiger partial charge in [-0.05, 0) is 105 Å². The second kappa shape index (κ2) is 12.1. The molecule has 5 aliphatic rings. The molecule has 4 N–H and O–H groups in total. The quantitative estimate of drug-likeness (QED) is 0.163. The number of hydrogen-bond donors (Lipinski definition) is 4. The number of rotatable bonds is 6. The molecule has 0 radical (unpaired) electrons. The lowest BCUT2D eigenvalue weighted by Gasteiger charge is -2.72. The van der Waals surface area contributed by atoms with Crippen molar-refractivity contribution < 1.29 is 39.5 Å². The van der Waals surface area contributed by atoms with Crippen LogP contribution in [0.25, 0.3) is 0 Å². The van der Waals surface area contributed by atoms with E-state index in [1.54, 1.807) is 26.0 Å². The first-order valence-electron chi connectivity index (χ1n) is 17.8. The van der Waals surface area contributed by atoms with Crippen LogP contribution in [0.3, 0.4) is 0 Å². The fraction of sp³-hybridized carbons (Fsp3) is 0.795. The molecular formula is C39H60O8. The van der Waals surface area contributed by atoms with Crippen LogP contribution in [0.5, 0.6) is 0 Å². The lowest BCUT2D eigenvalue weighted by atomic mass is 9.33. The van der Waals surface area contributed by atoms with Crippen molar-refractivity contribution in [3.8, 4) is 0 Å². The summed E-state index contributed by atoms with van der Waals surface area (Å²) in [6.45, 7) is 18.4. The normalized spacial score (nSPS) is 47.6. The van der Waals surface area contributed by atoms with Crippen molar-refractivity contribution in [2.45, 2.75) is 132 Å². The number of aliphatic hydroxyl groups excluding tert-OH is 4. The van der Waals surface area contributed by atoms with Gasteiger partial charge >= 0.3 is 11.9 Å².